The lowest BCUT2D eigenvalue weighted by Crippen LogP contribution is -2.56. The highest BCUT2D eigenvalue weighted by Crippen LogP contribution is 2.43. The molecule has 2 atom stereocenters. The largest absolute Gasteiger partial charge is 0.416 e. The second kappa shape index (κ2) is 7.43. The van der Waals surface area contributed by atoms with Gasteiger partial charge < -0.3 is 10.1 Å². The highest BCUT2D eigenvalue weighted by Gasteiger charge is 2.37. The molecule has 1 aliphatic carbocycles. The predicted octanol–water partition coefficient (Wildman–Crippen LogP) is 3.57. The fraction of sp³-hybridized carbons (Fsp3) is 0.650. The normalized spacial score (nSPS) is 26.9. The maximum atomic E-state index is 13.1. The highest BCUT2D eigenvalue weighted by molar-refractivity contribution is 5.96. The summed E-state index contributed by atoms with van der Waals surface area (Å²) in [6.45, 7) is 3.20. The van der Waals surface area contributed by atoms with Gasteiger partial charge in [0, 0.05) is 18.2 Å². The Morgan fingerprint density at radius 3 is 2.56 bits per heavy atom. The topological polar surface area (TPSA) is 41.6 Å². The first-order chi connectivity index (χ1) is 12.9. The maximum Gasteiger partial charge on any atom is 0.416 e. The number of carbonyl (C=O) groups excluding carboxylic acids is 1. The zero-order valence-electron chi connectivity index (χ0n) is 15.2. The summed E-state index contributed by atoms with van der Waals surface area (Å²) in [6, 6.07) is 3.61. The third-order valence-electron chi connectivity index (χ3n) is 5.89. The summed E-state index contributed by atoms with van der Waals surface area (Å²) in [5.74, 6) is -0.227. The Hall–Kier alpha value is -1.60. The van der Waals surface area contributed by atoms with E-state index in [1.54, 1.807) is 0 Å². The van der Waals surface area contributed by atoms with Crippen molar-refractivity contribution in [3.8, 4) is 0 Å². The van der Waals surface area contributed by atoms with E-state index >= 15 is 0 Å². The molecule has 1 saturated carbocycles. The zero-order chi connectivity index (χ0) is 19.0. The van der Waals surface area contributed by atoms with Gasteiger partial charge >= 0.3 is 6.18 Å². The molecule has 2 heterocycles. The van der Waals surface area contributed by atoms with Crippen molar-refractivity contribution in [3.05, 3.63) is 34.9 Å². The molecule has 4 rings (SSSR count). The Bertz CT molecular complexity index is 697. The molecular formula is C20H25F3N2O2. The van der Waals surface area contributed by atoms with Gasteiger partial charge in [0.05, 0.1) is 18.2 Å². The van der Waals surface area contributed by atoms with Crippen LogP contribution in [0.5, 0.6) is 0 Å². The molecule has 3 aliphatic rings. The molecule has 2 saturated heterocycles. The molecule has 0 bridgehead atoms. The number of hydrogen-bond acceptors (Lipinski definition) is 3. The minimum absolute atomic E-state index is 0.0602. The van der Waals surface area contributed by atoms with E-state index in [4.69, 9.17) is 4.74 Å². The fourth-order valence-corrected chi connectivity index (χ4v) is 4.30. The molecule has 1 aromatic rings. The van der Waals surface area contributed by atoms with E-state index in [1.807, 2.05) is 0 Å². The van der Waals surface area contributed by atoms with E-state index in [0.717, 1.165) is 44.5 Å². The average Bonchev–Trinajstić information content (AvgIpc) is 3.35. The van der Waals surface area contributed by atoms with Crippen LogP contribution in [0.3, 0.4) is 0 Å². The summed E-state index contributed by atoms with van der Waals surface area (Å²) in [4.78, 5) is 15.3. The Balaban J connectivity index is 1.53. The number of halogens is 3. The summed E-state index contributed by atoms with van der Waals surface area (Å²) >= 11 is 0. The summed E-state index contributed by atoms with van der Waals surface area (Å²) < 4.78 is 44.7. The first kappa shape index (κ1) is 18.7. The standard InChI is InChI=1S/C20H25F3N2O2/c21-20(22,23)14-5-6-15(16(11-14)13-3-4-13)19(26)24-17-12-27-10-7-18(17)25-8-1-2-9-25/h5-6,11,13,17-18H,1-4,7-10,12H2,(H,24,26)/t17?,18-/m0/s1. The van der Waals surface area contributed by atoms with Gasteiger partial charge in [-0.1, -0.05) is 0 Å². The van der Waals surface area contributed by atoms with Crippen LogP contribution in [0.2, 0.25) is 0 Å². The first-order valence-electron chi connectivity index (χ1n) is 9.77. The van der Waals surface area contributed by atoms with Crippen LogP contribution in [0, 0.1) is 0 Å². The van der Waals surface area contributed by atoms with E-state index in [-0.39, 0.29) is 23.9 Å². The number of amides is 1. The van der Waals surface area contributed by atoms with Crippen LogP contribution >= 0.6 is 0 Å². The number of benzene rings is 1. The summed E-state index contributed by atoms with van der Waals surface area (Å²) in [6.07, 6.45) is 0.491. The number of hydrogen-bond donors (Lipinski definition) is 1. The number of carbonyl (C=O) groups is 1. The molecule has 4 nitrogen and oxygen atoms in total. The van der Waals surface area contributed by atoms with Gasteiger partial charge in [0.1, 0.15) is 0 Å². The van der Waals surface area contributed by atoms with Crippen molar-refractivity contribution in [2.75, 3.05) is 26.3 Å². The number of rotatable bonds is 4. The van der Waals surface area contributed by atoms with Gasteiger partial charge in [-0.3, -0.25) is 9.69 Å². The van der Waals surface area contributed by atoms with Crippen LogP contribution in [0.15, 0.2) is 18.2 Å². The van der Waals surface area contributed by atoms with Crippen molar-refractivity contribution in [2.45, 2.75) is 56.3 Å². The summed E-state index contributed by atoms with van der Waals surface area (Å²) in [5.41, 5.74) is 0.213. The second-order valence-electron chi connectivity index (χ2n) is 7.83. The molecule has 1 unspecified atom stereocenters. The summed E-state index contributed by atoms with van der Waals surface area (Å²) in [5, 5.41) is 3.06. The molecule has 3 fully saturated rings. The number of nitrogens with zero attached hydrogens (tertiary/aromatic N) is 1. The van der Waals surface area contributed by atoms with Gasteiger partial charge in [0.15, 0.2) is 0 Å². The second-order valence-corrected chi connectivity index (χ2v) is 7.83. The lowest BCUT2D eigenvalue weighted by Gasteiger charge is -2.38. The first-order valence-corrected chi connectivity index (χ1v) is 9.77. The number of nitrogens with one attached hydrogen (secondary N) is 1. The highest BCUT2D eigenvalue weighted by atomic mass is 19.4. The quantitative estimate of drug-likeness (QED) is 0.866. The van der Waals surface area contributed by atoms with E-state index in [9.17, 15) is 18.0 Å². The Morgan fingerprint density at radius 1 is 1.15 bits per heavy atom. The zero-order valence-corrected chi connectivity index (χ0v) is 15.2. The number of alkyl halides is 3. The molecule has 148 valence electrons. The van der Waals surface area contributed by atoms with Crippen molar-refractivity contribution in [3.63, 3.8) is 0 Å². The molecule has 7 heteroatoms. The van der Waals surface area contributed by atoms with Crippen LogP contribution in [-0.2, 0) is 10.9 Å². The van der Waals surface area contributed by atoms with Gasteiger partial charge in [-0.15, -0.1) is 0 Å². The molecule has 1 N–H and O–H groups in total. The van der Waals surface area contributed by atoms with Gasteiger partial charge in [-0.05, 0) is 74.9 Å². The number of ether oxygens (including phenoxy) is 1. The van der Waals surface area contributed by atoms with Crippen molar-refractivity contribution in [2.24, 2.45) is 0 Å². The van der Waals surface area contributed by atoms with Gasteiger partial charge in [0.25, 0.3) is 5.91 Å². The van der Waals surface area contributed by atoms with Crippen LogP contribution in [0.4, 0.5) is 13.2 Å². The van der Waals surface area contributed by atoms with Gasteiger partial charge in [-0.25, -0.2) is 0 Å². The Morgan fingerprint density at radius 2 is 1.89 bits per heavy atom. The third kappa shape index (κ3) is 4.14. The van der Waals surface area contributed by atoms with Gasteiger partial charge in [-0.2, -0.15) is 13.2 Å². The lowest BCUT2D eigenvalue weighted by molar-refractivity contribution is -0.137. The van der Waals surface area contributed by atoms with Crippen molar-refractivity contribution < 1.29 is 22.7 Å². The van der Waals surface area contributed by atoms with Crippen molar-refractivity contribution in [1.29, 1.82) is 0 Å². The molecule has 0 spiro atoms. The molecule has 27 heavy (non-hydrogen) atoms. The minimum Gasteiger partial charge on any atom is -0.379 e. The molecule has 2 aliphatic heterocycles. The number of likely N-dealkylation sites (tertiary alicyclic amines) is 1. The van der Waals surface area contributed by atoms with Crippen molar-refractivity contribution >= 4 is 5.91 Å². The predicted molar refractivity (Wildman–Crippen MR) is 94.7 cm³/mol. The van der Waals surface area contributed by atoms with Crippen molar-refractivity contribution in [1.82, 2.24) is 10.2 Å². The lowest BCUT2D eigenvalue weighted by atomic mass is 9.97. The average molecular weight is 382 g/mol. The Kier molecular flexibility index (Phi) is 5.16. The molecule has 0 aromatic heterocycles. The summed E-state index contributed by atoms with van der Waals surface area (Å²) in [7, 11) is 0. The van der Waals surface area contributed by atoms with Crippen LogP contribution in [0.1, 0.15) is 59.5 Å². The van der Waals surface area contributed by atoms with E-state index in [0.29, 0.717) is 24.3 Å². The smallest absolute Gasteiger partial charge is 0.379 e. The SMILES string of the molecule is O=C(NC1COCC[C@@H]1N1CCCC1)c1ccc(C(F)(F)F)cc1C1CC1. The van der Waals surface area contributed by atoms with Crippen LogP contribution in [0.25, 0.3) is 0 Å². The third-order valence-corrected chi connectivity index (χ3v) is 5.89. The molecule has 1 amide bonds. The minimum atomic E-state index is -4.39. The maximum absolute atomic E-state index is 13.1. The monoisotopic (exact) mass is 382 g/mol. The molecule has 0 radical (unpaired) electrons. The van der Waals surface area contributed by atoms with Crippen LogP contribution < -0.4 is 5.32 Å². The van der Waals surface area contributed by atoms with E-state index in [1.165, 1.54) is 18.9 Å². The van der Waals surface area contributed by atoms with Crippen LogP contribution in [-0.4, -0.2) is 49.2 Å². The molecule has 1 aromatic carbocycles. The Labute approximate surface area is 157 Å². The fourth-order valence-electron chi connectivity index (χ4n) is 4.30. The van der Waals surface area contributed by atoms with E-state index < -0.39 is 11.7 Å². The van der Waals surface area contributed by atoms with Gasteiger partial charge in [0.2, 0.25) is 0 Å². The molecular weight excluding hydrogens is 357 g/mol. The van der Waals surface area contributed by atoms with E-state index in [2.05, 4.69) is 10.2 Å².